The van der Waals surface area contributed by atoms with Crippen molar-refractivity contribution in [2.75, 3.05) is 39.6 Å². The quantitative estimate of drug-likeness (QED) is 0.391. The molecule has 0 unspecified atom stereocenters. The van der Waals surface area contributed by atoms with Crippen LogP contribution in [0, 0.1) is 0 Å². The molecule has 0 aliphatic carbocycles. The zero-order valence-corrected chi connectivity index (χ0v) is 14.2. The summed E-state index contributed by atoms with van der Waals surface area (Å²) >= 11 is 0. The van der Waals surface area contributed by atoms with Crippen LogP contribution in [0.25, 0.3) is 0 Å². The SMILES string of the molecule is CCCCCCCCCOCCOCCOCCCC(=O)O. The fourth-order valence-corrected chi connectivity index (χ4v) is 2.03. The normalized spacial score (nSPS) is 11.0. The summed E-state index contributed by atoms with van der Waals surface area (Å²) in [6.07, 6.45) is 9.80. The summed E-state index contributed by atoms with van der Waals surface area (Å²) in [5.41, 5.74) is 0. The first-order valence-corrected chi connectivity index (χ1v) is 8.72. The average molecular weight is 318 g/mol. The Kier molecular flexibility index (Phi) is 17.9. The van der Waals surface area contributed by atoms with E-state index < -0.39 is 5.97 Å². The Morgan fingerprint density at radius 3 is 1.68 bits per heavy atom. The van der Waals surface area contributed by atoms with E-state index in [2.05, 4.69) is 6.92 Å². The van der Waals surface area contributed by atoms with Crippen LogP contribution >= 0.6 is 0 Å². The van der Waals surface area contributed by atoms with E-state index in [4.69, 9.17) is 19.3 Å². The molecule has 1 N–H and O–H groups in total. The Bertz CT molecular complexity index is 233. The van der Waals surface area contributed by atoms with Gasteiger partial charge in [0, 0.05) is 19.6 Å². The van der Waals surface area contributed by atoms with Crippen molar-refractivity contribution >= 4 is 5.97 Å². The molecule has 0 aromatic rings. The highest BCUT2D eigenvalue weighted by Crippen LogP contribution is 2.06. The Morgan fingerprint density at radius 1 is 0.682 bits per heavy atom. The smallest absolute Gasteiger partial charge is 0.303 e. The number of carbonyl (C=O) groups is 1. The lowest BCUT2D eigenvalue weighted by atomic mass is 10.1. The number of hydrogen-bond donors (Lipinski definition) is 1. The summed E-state index contributed by atoms with van der Waals surface area (Å²) in [6.45, 7) is 5.81. The molecule has 0 aliphatic rings. The molecule has 5 nitrogen and oxygen atoms in total. The Labute approximate surface area is 135 Å². The van der Waals surface area contributed by atoms with Crippen LogP contribution < -0.4 is 0 Å². The molecule has 22 heavy (non-hydrogen) atoms. The van der Waals surface area contributed by atoms with Crippen molar-refractivity contribution < 1.29 is 24.1 Å². The molecule has 0 heterocycles. The minimum atomic E-state index is -0.780. The maximum atomic E-state index is 10.3. The molecular formula is C17H34O5. The Balaban J connectivity index is 2.95. The van der Waals surface area contributed by atoms with E-state index >= 15 is 0 Å². The molecule has 132 valence electrons. The highest BCUT2D eigenvalue weighted by molar-refractivity contribution is 5.66. The van der Waals surface area contributed by atoms with Crippen molar-refractivity contribution in [3.05, 3.63) is 0 Å². The van der Waals surface area contributed by atoms with Gasteiger partial charge >= 0.3 is 5.97 Å². The fourth-order valence-electron chi connectivity index (χ4n) is 2.03. The zero-order valence-electron chi connectivity index (χ0n) is 14.2. The number of ether oxygens (including phenoxy) is 3. The Morgan fingerprint density at radius 2 is 1.14 bits per heavy atom. The molecule has 0 spiro atoms. The number of unbranched alkanes of at least 4 members (excludes halogenated alkanes) is 6. The van der Waals surface area contributed by atoms with Crippen molar-refractivity contribution in [3.8, 4) is 0 Å². The summed E-state index contributed by atoms with van der Waals surface area (Å²) in [7, 11) is 0. The van der Waals surface area contributed by atoms with Gasteiger partial charge in [0.1, 0.15) is 0 Å². The van der Waals surface area contributed by atoms with Crippen LogP contribution in [-0.4, -0.2) is 50.7 Å². The van der Waals surface area contributed by atoms with E-state index in [-0.39, 0.29) is 6.42 Å². The van der Waals surface area contributed by atoms with Crippen LogP contribution in [0.2, 0.25) is 0 Å². The molecular weight excluding hydrogens is 284 g/mol. The predicted molar refractivity (Wildman–Crippen MR) is 87.3 cm³/mol. The molecule has 0 rings (SSSR count). The van der Waals surface area contributed by atoms with E-state index in [0.717, 1.165) is 13.0 Å². The minimum absolute atomic E-state index is 0.160. The van der Waals surface area contributed by atoms with Crippen LogP contribution in [-0.2, 0) is 19.0 Å². The zero-order chi connectivity index (χ0) is 16.3. The van der Waals surface area contributed by atoms with Gasteiger partial charge in [-0.15, -0.1) is 0 Å². The highest BCUT2D eigenvalue weighted by Gasteiger charge is 1.96. The van der Waals surface area contributed by atoms with Gasteiger partial charge in [-0.1, -0.05) is 45.4 Å². The van der Waals surface area contributed by atoms with Gasteiger partial charge in [-0.25, -0.2) is 0 Å². The predicted octanol–water partition coefficient (Wildman–Crippen LogP) is 3.65. The number of aliphatic carboxylic acids is 1. The van der Waals surface area contributed by atoms with Crippen LogP contribution in [0.1, 0.15) is 64.7 Å². The third kappa shape index (κ3) is 19.4. The monoisotopic (exact) mass is 318 g/mol. The highest BCUT2D eigenvalue weighted by atomic mass is 16.5. The first-order chi connectivity index (χ1) is 10.8. The Hall–Kier alpha value is -0.650. The third-order valence-corrected chi connectivity index (χ3v) is 3.32. The van der Waals surface area contributed by atoms with Crippen molar-refractivity contribution in [1.82, 2.24) is 0 Å². The molecule has 0 fully saturated rings. The number of carboxylic acid groups (broad SMARTS) is 1. The van der Waals surface area contributed by atoms with E-state index in [1.54, 1.807) is 0 Å². The first kappa shape index (κ1) is 21.4. The van der Waals surface area contributed by atoms with Gasteiger partial charge < -0.3 is 19.3 Å². The van der Waals surface area contributed by atoms with Crippen LogP contribution in [0.4, 0.5) is 0 Å². The van der Waals surface area contributed by atoms with E-state index in [1.807, 2.05) is 0 Å². The van der Waals surface area contributed by atoms with Gasteiger partial charge in [-0.2, -0.15) is 0 Å². The average Bonchev–Trinajstić information content (AvgIpc) is 2.50. The molecule has 0 radical (unpaired) electrons. The van der Waals surface area contributed by atoms with Gasteiger partial charge in [0.2, 0.25) is 0 Å². The topological polar surface area (TPSA) is 65.0 Å². The molecule has 0 atom stereocenters. The lowest BCUT2D eigenvalue weighted by molar-refractivity contribution is -0.137. The maximum absolute atomic E-state index is 10.3. The van der Waals surface area contributed by atoms with Gasteiger partial charge in [-0.05, 0) is 12.8 Å². The summed E-state index contributed by atoms with van der Waals surface area (Å²) in [6, 6.07) is 0. The minimum Gasteiger partial charge on any atom is -0.481 e. The van der Waals surface area contributed by atoms with E-state index in [9.17, 15) is 4.79 Å². The molecule has 5 heteroatoms. The molecule has 0 amide bonds. The van der Waals surface area contributed by atoms with Gasteiger partial charge in [0.15, 0.2) is 0 Å². The number of carboxylic acids is 1. The number of hydrogen-bond acceptors (Lipinski definition) is 4. The van der Waals surface area contributed by atoms with E-state index in [1.165, 1.54) is 38.5 Å². The van der Waals surface area contributed by atoms with Crippen molar-refractivity contribution in [2.24, 2.45) is 0 Å². The molecule has 0 saturated carbocycles. The van der Waals surface area contributed by atoms with Crippen LogP contribution in [0.3, 0.4) is 0 Å². The van der Waals surface area contributed by atoms with Crippen molar-refractivity contribution in [3.63, 3.8) is 0 Å². The second-order valence-electron chi connectivity index (χ2n) is 5.46. The summed E-state index contributed by atoms with van der Waals surface area (Å²) in [5, 5.41) is 8.44. The lowest BCUT2D eigenvalue weighted by Gasteiger charge is -2.06. The second-order valence-corrected chi connectivity index (χ2v) is 5.46. The second kappa shape index (κ2) is 18.4. The summed E-state index contributed by atoms with van der Waals surface area (Å²) in [4.78, 5) is 10.3. The van der Waals surface area contributed by atoms with Gasteiger partial charge in [-0.3, -0.25) is 4.79 Å². The standard InChI is InChI=1S/C17H34O5/c1-2-3-4-5-6-7-8-11-20-13-15-22-16-14-21-12-9-10-17(18)19/h2-16H2,1H3,(H,18,19). The summed E-state index contributed by atoms with van der Waals surface area (Å²) < 4.78 is 16.1. The molecule has 0 aromatic carbocycles. The van der Waals surface area contributed by atoms with Gasteiger partial charge in [0.05, 0.1) is 26.4 Å². The molecule has 0 saturated heterocycles. The maximum Gasteiger partial charge on any atom is 0.303 e. The van der Waals surface area contributed by atoms with E-state index in [0.29, 0.717) is 39.5 Å². The number of rotatable bonds is 18. The van der Waals surface area contributed by atoms with Gasteiger partial charge in [0.25, 0.3) is 0 Å². The summed E-state index contributed by atoms with van der Waals surface area (Å²) in [5.74, 6) is -0.780. The van der Waals surface area contributed by atoms with Crippen LogP contribution in [0.15, 0.2) is 0 Å². The largest absolute Gasteiger partial charge is 0.481 e. The van der Waals surface area contributed by atoms with Crippen molar-refractivity contribution in [2.45, 2.75) is 64.7 Å². The molecule has 0 aromatic heterocycles. The third-order valence-electron chi connectivity index (χ3n) is 3.32. The molecule has 0 aliphatic heterocycles. The van der Waals surface area contributed by atoms with Crippen LogP contribution in [0.5, 0.6) is 0 Å². The molecule has 0 bridgehead atoms. The fraction of sp³-hybridized carbons (Fsp3) is 0.941. The lowest BCUT2D eigenvalue weighted by Crippen LogP contribution is -2.10. The van der Waals surface area contributed by atoms with Crippen molar-refractivity contribution in [1.29, 1.82) is 0 Å². The first-order valence-electron chi connectivity index (χ1n) is 8.72.